The minimum absolute atomic E-state index is 0.178. The van der Waals surface area contributed by atoms with Crippen LogP contribution in [0.5, 0.6) is 11.5 Å². The van der Waals surface area contributed by atoms with Crippen molar-refractivity contribution < 1.29 is 14.3 Å². The number of nitrogen functional groups attached to an aromatic ring is 1. The van der Waals surface area contributed by atoms with Crippen molar-refractivity contribution in [2.24, 2.45) is 0 Å². The molecule has 106 valence electrons. The van der Waals surface area contributed by atoms with Gasteiger partial charge in [0.05, 0.1) is 12.8 Å². The summed E-state index contributed by atoms with van der Waals surface area (Å²) in [6, 6.07) is 5.08. The van der Waals surface area contributed by atoms with E-state index in [-0.39, 0.29) is 11.4 Å². The zero-order chi connectivity index (χ0) is 14.6. The van der Waals surface area contributed by atoms with E-state index in [4.69, 9.17) is 15.2 Å². The maximum atomic E-state index is 11.9. The van der Waals surface area contributed by atoms with Gasteiger partial charge in [0, 0.05) is 11.6 Å². The molecule has 1 unspecified atom stereocenters. The highest BCUT2D eigenvalue weighted by molar-refractivity contribution is 5.81. The van der Waals surface area contributed by atoms with Crippen molar-refractivity contribution in [2.75, 3.05) is 12.8 Å². The second-order valence-corrected chi connectivity index (χ2v) is 5.40. The number of hydrogen-bond acceptors (Lipinski definition) is 4. The van der Waals surface area contributed by atoms with Gasteiger partial charge in [0.1, 0.15) is 11.5 Å². The molecular formula is C14H22N2O3. The van der Waals surface area contributed by atoms with Gasteiger partial charge in [0.25, 0.3) is 5.91 Å². The van der Waals surface area contributed by atoms with Gasteiger partial charge in [-0.25, -0.2) is 0 Å². The fourth-order valence-corrected chi connectivity index (χ4v) is 1.48. The summed E-state index contributed by atoms with van der Waals surface area (Å²) < 4.78 is 10.6. The molecule has 0 aliphatic heterocycles. The smallest absolute Gasteiger partial charge is 0.261 e. The Kier molecular flexibility index (Phi) is 4.64. The van der Waals surface area contributed by atoms with Crippen LogP contribution in [0.4, 0.5) is 5.69 Å². The Labute approximate surface area is 114 Å². The number of carbonyl (C=O) groups excluding carboxylic acids is 1. The van der Waals surface area contributed by atoms with Gasteiger partial charge in [-0.1, -0.05) is 0 Å². The van der Waals surface area contributed by atoms with Gasteiger partial charge < -0.3 is 20.5 Å². The summed E-state index contributed by atoms with van der Waals surface area (Å²) in [6.07, 6.45) is -0.616. The monoisotopic (exact) mass is 266 g/mol. The molecule has 5 heteroatoms. The van der Waals surface area contributed by atoms with Gasteiger partial charge >= 0.3 is 0 Å². The van der Waals surface area contributed by atoms with Crippen LogP contribution in [0.1, 0.15) is 27.7 Å². The van der Waals surface area contributed by atoms with E-state index in [1.165, 1.54) is 0 Å². The van der Waals surface area contributed by atoms with E-state index < -0.39 is 6.10 Å². The molecule has 0 saturated heterocycles. The molecule has 19 heavy (non-hydrogen) atoms. The molecule has 1 amide bonds. The molecule has 0 bridgehead atoms. The van der Waals surface area contributed by atoms with Crippen LogP contribution in [0, 0.1) is 0 Å². The number of nitrogens with one attached hydrogen (secondary N) is 1. The van der Waals surface area contributed by atoms with Crippen molar-refractivity contribution in [3.8, 4) is 11.5 Å². The van der Waals surface area contributed by atoms with E-state index in [0.717, 1.165) is 0 Å². The molecule has 0 aliphatic carbocycles. The van der Waals surface area contributed by atoms with E-state index in [2.05, 4.69) is 5.32 Å². The van der Waals surface area contributed by atoms with Crippen LogP contribution < -0.4 is 20.5 Å². The number of hydrogen-bond donors (Lipinski definition) is 2. The number of methoxy groups -OCH3 is 1. The first kappa shape index (κ1) is 15.1. The maximum Gasteiger partial charge on any atom is 0.261 e. The van der Waals surface area contributed by atoms with Crippen LogP contribution in [0.25, 0.3) is 0 Å². The Morgan fingerprint density at radius 3 is 2.47 bits per heavy atom. The van der Waals surface area contributed by atoms with Crippen LogP contribution in [0.2, 0.25) is 0 Å². The molecule has 0 spiro atoms. The number of amides is 1. The number of ether oxygens (including phenoxy) is 2. The number of carbonyl (C=O) groups is 1. The van der Waals surface area contributed by atoms with Gasteiger partial charge in [-0.3, -0.25) is 4.79 Å². The quantitative estimate of drug-likeness (QED) is 0.817. The molecule has 0 radical (unpaired) electrons. The van der Waals surface area contributed by atoms with E-state index in [1.807, 2.05) is 20.8 Å². The molecule has 3 N–H and O–H groups in total. The van der Waals surface area contributed by atoms with Crippen LogP contribution in [-0.4, -0.2) is 24.7 Å². The molecule has 0 saturated carbocycles. The normalized spacial score (nSPS) is 12.7. The molecule has 0 aromatic heterocycles. The molecule has 0 fully saturated rings. The second-order valence-electron chi connectivity index (χ2n) is 5.40. The predicted molar refractivity (Wildman–Crippen MR) is 75.4 cm³/mol. The molecule has 5 nitrogen and oxygen atoms in total. The Morgan fingerprint density at radius 1 is 1.37 bits per heavy atom. The molecule has 1 atom stereocenters. The largest absolute Gasteiger partial charge is 0.497 e. The molecule has 0 heterocycles. The van der Waals surface area contributed by atoms with Crippen LogP contribution >= 0.6 is 0 Å². The number of rotatable bonds is 4. The third-order valence-electron chi connectivity index (χ3n) is 2.39. The van der Waals surface area contributed by atoms with Crippen molar-refractivity contribution in [3.05, 3.63) is 18.2 Å². The van der Waals surface area contributed by atoms with Crippen molar-refractivity contribution in [2.45, 2.75) is 39.3 Å². The van der Waals surface area contributed by atoms with E-state index in [1.54, 1.807) is 32.2 Å². The van der Waals surface area contributed by atoms with Crippen LogP contribution in [0.15, 0.2) is 18.2 Å². The summed E-state index contributed by atoms with van der Waals surface area (Å²) in [4.78, 5) is 11.9. The highest BCUT2D eigenvalue weighted by Gasteiger charge is 2.21. The van der Waals surface area contributed by atoms with Crippen LogP contribution in [0.3, 0.4) is 0 Å². The van der Waals surface area contributed by atoms with E-state index in [9.17, 15) is 4.79 Å². The predicted octanol–water partition coefficient (Wildman–Crippen LogP) is 1.96. The Hall–Kier alpha value is -1.91. The summed E-state index contributed by atoms with van der Waals surface area (Å²) >= 11 is 0. The number of anilines is 1. The molecule has 1 aromatic carbocycles. The van der Waals surface area contributed by atoms with Gasteiger partial charge in [-0.05, 0) is 39.8 Å². The number of nitrogens with two attached hydrogens (primary N) is 1. The lowest BCUT2D eigenvalue weighted by Crippen LogP contribution is -2.46. The topological polar surface area (TPSA) is 73.6 Å². The van der Waals surface area contributed by atoms with E-state index >= 15 is 0 Å². The van der Waals surface area contributed by atoms with Crippen LogP contribution in [-0.2, 0) is 4.79 Å². The first-order valence-corrected chi connectivity index (χ1v) is 6.15. The summed E-state index contributed by atoms with van der Waals surface area (Å²) in [5.41, 5.74) is 5.98. The minimum Gasteiger partial charge on any atom is -0.497 e. The molecule has 1 aromatic rings. The molecule has 1 rings (SSSR count). The van der Waals surface area contributed by atoms with Gasteiger partial charge in [-0.15, -0.1) is 0 Å². The minimum atomic E-state index is -0.616. The fraction of sp³-hybridized carbons (Fsp3) is 0.500. The average molecular weight is 266 g/mol. The third-order valence-corrected chi connectivity index (χ3v) is 2.39. The highest BCUT2D eigenvalue weighted by atomic mass is 16.5. The Morgan fingerprint density at radius 2 is 2.00 bits per heavy atom. The highest BCUT2D eigenvalue weighted by Crippen LogP contribution is 2.27. The van der Waals surface area contributed by atoms with Crippen molar-refractivity contribution in [1.82, 2.24) is 5.32 Å². The Balaban J connectivity index is 2.71. The molecular weight excluding hydrogens is 244 g/mol. The standard InChI is InChI=1S/C14H22N2O3/c1-9(13(17)16-14(2,3)4)19-12-7-6-10(18-5)8-11(12)15/h6-9H,15H2,1-5H3,(H,16,17). The third kappa shape index (κ3) is 4.69. The lowest BCUT2D eigenvalue weighted by Gasteiger charge is -2.24. The van der Waals surface area contributed by atoms with E-state index in [0.29, 0.717) is 17.2 Å². The second kappa shape index (κ2) is 5.82. The van der Waals surface area contributed by atoms with Crippen molar-refractivity contribution >= 4 is 11.6 Å². The van der Waals surface area contributed by atoms with Gasteiger partial charge in [0.2, 0.25) is 0 Å². The summed E-state index contributed by atoms with van der Waals surface area (Å²) in [6.45, 7) is 7.43. The zero-order valence-electron chi connectivity index (χ0n) is 12.1. The SMILES string of the molecule is COc1ccc(OC(C)C(=O)NC(C)(C)C)c(N)c1. The number of benzene rings is 1. The molecule has 0 aliphatic rings. The summed E-state index contributed by atoms with van der Waals surface area (Å²) in [5.74, 6) is 0.941. The first-order valence-electron chi connectivity index (χ1n) is 6.15. The van der Waals surface area contributed by atoms with Crippen molar-refractivity contribution in [3.63, 3.8) is 0 Å². The van der Waals surface area contributed by atoms with Gasteiger partial charge in [0.15, 0.2) is 6.10 Å². The average Bonchev–Trinajstić information content (AvgIpc) is 2.29. The Bertz CT molecular complexity index is 452. The first-order chi connectivity index (χ1) is 8.73. The van der Waals surface area contributed by atoms with Gasteiger partial charge in [-0.2, -0.15) is 0 Å². The summed E-state index contributed by atoms with van der Waals surface area (Å²) in [5, 5.41) is 2.85. The summed E-state index contributed by atoms with van der Waals surface area (Å²) in [7, 11) is 1.56. The fourth-order valence-electron chi connectivity index (χ4n) is 1.48. The lowest BCUT2D eigenvalue weighted by molar-refractivity contribution is -0.128. The lowest BCUT2D eigenvalue weighted by atomic mass is 10.1. The zero-order valence-corrected chi connectivity index (χ0v) is 12.1. The van der Waals surface area contributed by atoms with Crippen molar-refractivity contribution in [1.29, 1.82) is 0 Å². The maximum absolute atomic E-state index is 11.9.